The Balaban J connectivity index is 1.98. The fourth-order valence-electron chi connectivity index (χ4n) is 3.92. The molecule has 1 atom stereocenters. The third-order valence-corrected chi connectivity index (χ3v) is 4.69. The number of hydrogen-bond donors (Lipinski definition) is 0. The van der Waals surface area contributed by atoms with Gasteiger partial charge in [0.05, 0.1) is 0 Å². The average Bonchev–Trinajstić information content (AvgIpc) is 2.92. The van der Waals surface area contributed by atoms with E-state index in [2.05, 4.69) is 60.5 Å². The van der Waals surface area contributed by atoms with E-state index in [9.17, 15) is 0 Å². The zero-order valence-corrected chi connectivity index (χ0v) is 10.7. The minimum Gasteiger partial charge on any atom is -0.373 e. The van der Waals surface area contributed by atoms with Crippen molar-refractivity contribution in [2.75, 3.05) is 18.5 Å². The molecule has 1 aliphatic carbocycles. The molecular formula is C17H17N. The van der Waals surface area contributed by atoms with Crippen molar-refractivity contribution < 1.29 is 0 Å². The highest BCUT2D eigenvalue weighted by atomic mass is 15.1. The van der Waals surface area contributed by atoms with Crippen LogP contribution >= 0.6 is 0 Å². The average molecular weight is 235 g/mol. The number of aryl methyl sites for hydroxylation is 1. The number of rotatable bonds is 0. The molecule has 0 amide bonds. The zero-order valence-electron chi connectivity index (χ0n) is 10.7. The minimum atomic E-state index is 0.252. The van der Waals surface area contributed by atoms with Crippen LogP contribution in [-0.4, -0.2) is 13.6 Å². The summed E-state index contributed by atoms with van der Waals surface area (Å²) in [4.78, 5) is 2.41. The third kappa shape index (κ3) is 1.12. The molecule has 1 heteroatoms. The number of likely N-dealkylation sites (N-methyl/N-ethyl adjacent to an activating group) is 1. The van der Waals surface area contributed by atoms with E-state index in [1.807, 2.05) is 0 Å². The molecule has 1 spiro atoms. The molecule has 1 heterocycles. The second kappa shape index (κ2) is 3.38. The van der Waals surface area contributed by atoms with E-state index in [0.717, 1.165) is 6.54 Å². The molecule has 1 nitrogen and oxygen atoms in total. The first-order valence-electron chi connectivity index (χ1n) is 6.70. The number of nitrogens with zero attached hydrogens (tertiary/aromatic N) is 1. The molecule has 2 aromatic rings. The molecule has 0 aromatic heterocycles. The lowest BCUT2D eigenvalue weighted by Crippen LogP contribution is -2.30. The lowest BCUT2D eigenvalue weighted by atomic mass is 9.77. The van der Waals surface area contributed by atoms with Gasteiger partial charge in [-0.3, -0.25) is 0 Å². The highest BCUT2D eigenvalue weighted by molar-refractivity contribution is 5.67. The maximum Gasteiger partial charge on any atom is 0.0406 e. The van der Waals surface area contributed by atoms with Crippen molar-refractivity contribution in [2.24, 2.45) is 0 Å². The van der Waals surface area contributed by atoms with E-state index in [1.54, 1.807) is 11.1 Å². The maximum absolute atomic E-state index is 2.41. The molecule has 18 heavy (non-hydrogen) atoms. The van der Waals surface area contributed by atoms with Crippen molar-refractivity contribution in [3.8, 4) is 0 Å². The Labute approximate surface area is 108 Å². The van der Waals surface area contributed by atoms with Crippen molar-refractivity contribution in [3.05, 3.63) is 65.2 Å². The van der Waals surface area contributed by atoms with E-state index in [4.69, 9.17) is 0 Å². The molecule has 0 N–H and O–H groups in total. The Bertz CT molecular complexity index is 617. The highest BCUT2D eigenvalue weighted by Crippen LogP contribution is 2.51. The normalized spacial score (nSPS) is 24.4. The van der Waals surface area contributed by atoms with Crippen LogP contribution in [-0.2, 0) is 11.8 Å². The van der Waals surface area contributed by atoms with Gasteiger partial charge in [-0.1, -0.05) is 42.5 Å². The summed E-state index contributed by atoms with van der Waals surface area (Å²) in [5, 5.41) is 0. The van der Waals surface area contributed by atoms with Gasteiger partial charge in [-0.05, 0) is 35.6 Å². The number of benzene rings is 2. The van der Waals surface area contributed by atoms with Crippen LogP contribution < -0.4 is 4.90 Å². The SMILES string of the molecule is CN1CC2(CCc3ccccc32)c2ccccc21. The van der Waals surface area contributed by atoms with Crippen LogP contribution in [0.3, 0.4) is 0 Å². The van der Waals surface area contributed by atoms with Crippen LogP contribution in [0.2, 0.25) is 0 Å². The molecule has 4 rings (SSSR count). The lowest BCUT2D eigenvalue weighted by molar-refractivity contribution is 0.543. The van der Waals surface area contributed by atoms with Gasteiger partial charge in [0, 0.05) is 24.7 Å². The first kappa shape index (κ1) is 10.2. The standard InChI is InChI=1S/C17H17N/c1-18-12-17(15-8-4-5-9-16(15)18)11-10-13-6-2-3-7-14(13)17/h2-9H,10-12H2,1H3. The van der Waals surface area contributed by atoms with Gasteiger partial charge in [-0.25, -0.2) is 0 Å². The summed E-state index contributed by atoms with van der Waals surface area (Å²) in [6, 6.07) is 17.9. The molecule has 1 unspecified atom stereocenters. The summed E-state index contributed by atoms with van der Waals surface area (Å²) >= 11 is 0. The molecule has 0 radical (unpaired) electrons. The quantitative estimate of drug-likeness (QED) is 0.676. The second-order valence-corrected chi connectivity index (χ2v) is 5.61. The van der Waals surface area contributed by atoms with Gasteiger partial charge in [-0.2, -0.15) is 0 Å². The van der Waals surface area contributed by atoms with E-state index in [-0.39, 0.29) is 5.41 Å². The van der Waals surface area contributed by atoms with E-state index in [0.29, 0.717) is 0 Å². The van der Waals surface area contributed by atoms with E-state index < -0.39 is 0 Å². The second-order valence-electron chi connectivity index (χ2n) is 5.61. The summed E-state index contributed by atoms with van der Waals surface area (Å²) in [5.74, 6) is 0. The Kier molecular flexibility index (Phi) is 1.91. The summed E-state index contributed by atoms with van der Waals surface area (Å²) in [5.41, 5.74) is 6.29. The summed E-state index contributed by atoms with van der Waals surface area (Å²) in [6.07, 6.45) is 2.48. The van der Waals surface area contributed by atoms with Crippen molar-refractivity contribution >= 4 is 5.69 Å². The van der Waals surface area contributed by atoms with Gasteiger partial charge in [0.2, 0.25) is 0 Å². The van der Waals surface area contributed by atoms with Crippen molar-refractivity contribution in [1.82, 2.24) is 0 Å². The molecule has 2 aromatic carbocycles. The highest BCUT2D eigenvalue weighted by Gasteiger charge is 2.46. The fourth-order valence-corrected chi connectivity index (χ4v) is 3.92. The first-order valence-corrected chi connectivity index (χ1v) is 6.70. The molecule has 1 aliphatic heterocycles. The number of hydrogen-bond acceptors (Lipinski definition) is 1. The molecule has 0 bridgehead atoms. The fraction of sp³-hybridized carbons (Fsp3) is 0.294. The van der Waals surface area contributed by atoms with Crippen LogP contribution in [0.15, 0.2) is 48.5 Å². The minimum absolute atomic E-state index is 0.252. The van der Waals surface area contributed by atoms with Crippen LogP contribution in [0.5, 0.6) is 0 Å². The van der Waals surface area contributed by atoms with Gasteiger partial charge >= 0.3 is 0 Å². The number of para-hydroxylation sites is 1. The molecule has 2 aliphatic rings. The van der Waals surface area contributed by atoms with Crippen LogP contribution in [0, 0.1) is 0 Å². The molecule has 0 saturated carbocycles. The van der Waals surface area contributed by atoms with Crippen LogP contribution in [0.1, 0.15) is 23.1 Å². The zero-order chi connectivity index (χ0) is 12.2. The van der Waals surface area contributed by atoms with Crippen molar-refractivity contribution in [3.63, 3.8) is 0 Å². The van der Waals surface area contributed by atoms with Gasteiger partial charge in [0.15, 0.2) is 0 Å². The first-order chi connectivity index (χ1) is 8.81. The lowest BCUT2D eigenvalue weighted by Gasteiger charge is -2.26. The topological polar surface area (TPSA) is 3.24 Å². The Morgan fingerprint density at radius 1 is 0.944 bits per heavy atom. The Morgan fingerprint density at radius 2 is 1.67 bits per heavy atom. The molecular weight excluding hydrogens is 218 g/mol. The van der Waals surface area contributed by atoms with Crippen molar-refractivity contribution in [1.29, 1.82) is 0 Å². The van der Waals surface area contributed by atoms with Crippen LogP contribution in [0.4, 0.5) is 5.69 Å². The summed E-state index contributed by atoms with van der Waals surface area (Å²) in [6.45, 7) is 1.13. The predicted octanol–water partition coefficient (Wildman–Crippen LogP) is 3.37. The molecule has 0 saturated heterocycles. The third-order valence-electron chi connectivity index (χ3n) is 4.69. The number of fused-ring (bicyclic) bond motifs is 4. The monoisotopic (exact) mass is 235 g/mol. The van der Waals surface area contributed by atoms with E-state index in [1.165, 1.54) is 24.1 Å². The largest absolute Gasteiger partial charge is 0.373 e. The van der Waals surface area contributed by atoms with Crippen molar-refractivity contribution in [2.45, 2.75) is 18.3 Å². The van der Waals surface area contributed by atoms with Gasteiger partial charge in [0.25, 0.3) is 0 Å². The Morgan fingerprint density at radius 3 is 2.56 bits per heavy atom. The smallest absolute Gasteiger partial charge is 0.0406 e. The summed E-state index contributed by atoms with van der Waals surface area (Å²) in [7, 11) is 2.22. The summed E-state index contributed by atoms with van der Waals surface area (Å²) < 4.78 is 0. The maximum atomic E-state index is 2.41. The molecule has 90 valence electrons. The van der Waals surface area contributed by atoms with Gasteiger partial charge in [-0.15, -0.1) is 0 Å². The van der Waals surface area contributed by atoms with Gasteiger partial charge < -0.3 is 4.90 Å². The number of anilines is 1. The van der Waals surface area contributed by atoms with Gasteiger partial charge in [0.1, 0.15) is 0 Å². The van der Waals surface area contributed by atoms with E-state index >= 15 is 0 Å². The molecule has 0 fully saturated rings. The van der Waals surface area contributed by atoms with Crippen LogP contribution in [0.25, 0.3) is 0 Å². The predicted molar refractivity (Wildman–Crippen MR) is 75.3 cm³/mol. The Hall–Kier alpha value is -1.76.